The smallest absolute Gasteiger partial charge is 0.119 e. The first-order chi connectivity index (χ1) is 5.20. The Bertz CT molecular complexity index is 268. The molecular weight excluding hydrogens is 160 g/mol. The van der Waals surface area contributed by atoms with E-state index >= 15 is 0 Å². The molecule has 1 aromatic rings. The molecule has 0 aromatic heterocycles. The van der Waals surface area contributed by atoms with Crippen molar-refractivity contribution in [2.24, 2.45) is 0 Å². The van der Waals surface area contributed by atoms with Crippen molar-refractivity contribution in [3.63, 3.8) is 0 Å². The van der Waals surface area contributed by atoms with Gasteiger partial charge in [-0.25, -0.2) is 0 Å². The number of allylic oxidation sites excluding steroid dienone is 1. The topological polar surface area (TPSA) is 20.2 Å². The molecule has 2 heteroatoms. The summed E-state index contributed by atoms with van der Waals surface area (Å²) in [6.07, 6.45) is 0.522. The first-order valence-corrected chi connectivity index (χ1v) is 3.68. The maximum Gasteiger partial charge on any atom is 0.119 e. The van der Waals surface area contributed by atoms with E-state index in [0.29, 0.717) is 11.5 Å². The van der Waals surface area contributed by atoms with E-state index in [0.717, 1.165) is 5.56 Å². The van der Waals surface area contributed by atoms with Crippen LogP contribution >= 0.6 is 11.6 Å². The minimum absolute atomic E-state index is 0.273. The Morgan fingerprint density at radius 3 is 2.64 bits per heavy atom. The molecule has 11 heavy (non-hydrogen) atoms. The number of rotatable bonds is 2. The molecule has 0 aliphatic carbocycles. The molecule has 0 heterocycles. The van der Waals surface area contributed by atoms with E-state index in [1.807, 2.05) is 12.1 Å². The largest absolute Gasteiger partial charge is 0.508 e. The van der Waals surface area contributed by atoms with E-state index in [4.69, 9.17) is 11.6 Å². The first kappa shape index (κ1) is 8.15. The Balaban J connectivity index is 2.86. The summed E-state index contributed by atoms with van der Waals surface area (Å²) in [4.78, 5) is 0. The number of hydrogen-bond acceptors (Lipinski definition) is 1. The Hall–Kier alpha value is -0.950. The molecule has 0 bridgehead atoms. The SMILES string of the molecule is C=C(Cl)Cc1ccccc1O. The normalized spacial score (nSPS) is 9.55. The van der Waals surface area contributed by atoms with E-state index in [1.54, 1.807) is 12.1 Å². The third-order valence-corrected chi connectivity index (χ3v) is 1.51. The van der Waals surface area contributed by atoms with E-state index in [-0.39, 0.29) is 5.75 Å². The minimum atomic E-state index is 0.273. The molecule has 0 atom stereocenters. The maximum atomic E-state index is 9.26. The van der Waals surface area contributed by atoms with Crippen molar-refractivity contribution in [2.75, 3.05) is 0 Å². The van der Waals surface area contributed by atoms with Crippen LogP contribution in [0.5, 0.6) is 5.75 Å². The van der Waals surface area contributed by atoms with Crippen molar-refractivity contribution in [1.82, 2.24) is 0 Å². The van der Waals surface area contributed by atoms with Crippen LogP contribution in [0.15, 0.2) is 35.9 Å². The highest BCUT2D eigenvalue weighted by atomic mass is 35.5. The van der Waals surface area contributed by atoms with Gasteiger partial charge < -0.3 is 5.11 Å². The van der Waals surface area contributed by atoms with Crippen molar-refractivity contribution < 1.29 is 5.11 Å². The fraction of sp³-hybridized carbons (Fsp3) is 0.111. The molecule has 1 nitrogen and oxygen atoms in total. The van der Waals surface area contributed by atoms with Gasteiger partial charge in [0.05, 0.1) is 0 Å². The number of aromatic hydroxyl groups is 1. The number of benzene rings is 1. The first-order valence-electron chi connectivity index (χ1n) is 3.30. The molecule has 0 unspecified atom stereocenters. The van der Waals surface area contributed by atoms with Gasteiger partial charge in [-0.3, -0.25) is 0 Å². The van der Waals surface area contributed by atoms with E-state index in [1.165, 1.54) is 0 Å². The van der Waals surface area contributed by atoms with Crippen LogP contribution in [0.25, 0.3) is 0 Å². The second-order valence-electron chi connectivity index (χ2n) is 2.32. The highest BCUT2D eigenvalue weighted by Crippen LogP contribution is 2.19. The Labute approximate surface area is 70.9 Å². The van der Waals surface area contributed by atoms with Crippen LogP contribution in [0.3, 0.4) is 0 Å². The van der Waals surface area contributed by atoms with Crippen LogP contribution in [0, 0.1) is 0 Å². The highest BCUT2D eigenvalue weighted by molar-refractivity contribution is 6.29. The molecule has 0 fully saturated rings. The summed E-state index contributed by atoms with van der Waals surface area (Å²) in [5, 5.41) is 9.79. The van der Waals surface area contributed by atoms with Crippen LogP contribution in [-0.4, -0.2) is 5.11 Å². The zero-order chi connectivity index (χ0) is 8.27. The highest BCUT2D eigenvalue weighted by Gasteiger charge is 1.98. The molecule has 0 saturated heterocycles. The summed E-state index contributed by atoms with van der Waals surface area (Å²) in [7, 11) is 0. The quantitative estimate of drug-likeness (QED) is 0.720. The summed E-state index contributed by atoms with van der Waals surface area (Å²) < 4.78 is 0. The Morgan fingerprint density at radius 2 is 2.09 bits per heavy atom. The van der Waals surface area contributed by atoms with Crippen LogP contribution in [0.1, 0.15) is 5.56 Å². The fourth-order valence-electron chi connectivity index (χ4n) is 0.867. The van der Waals surface area contributed by atoms with Crippen molar-refractivity contribution in [3.05, 3.63) is 41.4 Å². The summed E-state index contributed by atoms with van der Waals surface area (Å²) >= 11 is 5.58. The lowest BCUT2D eigenvalue weighted by molar-refractivity contribution is 0.469. The van der Waals surface area contributed by atoms with Gasteiger partial charge in [0, 0.05) is 11.5 Å². The number of phenols is 1. The third kappa shape index (κ3) is 2.28. The van der Waals surface area contributed by atoms with E-state index in [9.17, 15) is 5.11 Å². The fourth-order valence-corrected chi connectivity index (χ4v) is 1.01. The Kier molecular flexibility index (Phi) is 2.55. The summed E-state index contributed by atoms with van der Waals surface area (Å²) in [6, 6.07) is 7.09. The summed E-state index contributed by atoms with van der Waals surface area (Å²) in [6.45, 7) is 3.55. The maximum absolute atomic E-state index is 9.26. The zero-order valence-corrected chi connectivity index (χ0v) is 6.80. The summed E-state index contributed by atoms with van der Waals surface area (Å²) in [5.41, 5.74) is 0.813. The van der Waals surface area contributed by atoms with Crippen molar-refractivity contribution in [3.8, 4) is 5.75 Å². The van der Waals surface area contributed by atoms with Crippen LogP contribution < -0.4 is 0 Å². The van der Waals surface area contributed by atoms with Gasteiger partial charge in [0.25, 0.3) is 0 Å². The molecule has 1 N–H and O–H groups in total. The van der Waals surface area contributed by atoms with Gasteiger partial charge in [-0.05, 0) is 11.6 Å². The van der Waals surface area contributed by atoms with Crippen molar-refractivity contribution >= 4 is 11.6 Å². The standard InChI is InChI=1S/C9H9ClO/c1-7(10)6-8-4-2-3-5-9(8)11/h2-5,11H,1,6H2. The van der Waals surface area contributed by atoms with Gasteiger partial charge in [-0.1, -0.05) is 36.4 Å². The molecule has 1 rings (SSSR count). The van der Waals surface area contributed by atoms with E-state index in [2.05, 4.69) is 6.58 Å². The predicted octanol–water partition coefficient (Wildman–Crippen LogP) is 2.69. The third-order valence-electron chi connectivity index (χ3n) is 1.37. The average molecular weight is 169 g/mol. The van der Waals surface area contributed by atoms with Gasteiger partial charge in [0.2, 0.25) is 0 Å². The molecule has 0 amide bonds. The molecule has 0 aliphatic heterocycles. The molecule has 0 spiro atoms. The van der Waals surface area contributed by atoms with Crippen LogP contribution in [0.4, 0.5) is 0 Å². The minimum Gasteiger partial charge on any atom is -0.508 e. The predicted molar refractivity (Wildman–Crippen MR) is 46.8 cm³/mol. The van der Waals surface area contributed by atoms with Crippen LogP contribution in [-0.2, 0) is 6.42 Å². The van der Waals surface area contributed by atoms with Crippen molar-refractivity contribution in [1.29, 1.82) is 0 Å². The molecular formula is C9H9ClO. The van der Waals surface area contributed by atoms with Gasteiger partial charge in [0.15, 0.2) is 0 Å². The Morgan fingerprint density at radius 1 is 1.45 bits per heavy atom. The van der Waals surface area contributed by atoms with Gasteiger partial charge in [0.1, 0.15) is 5.75 Å². The molecule has 0 aliphatic rings. The molecule has 58 valence electrons. The second-order valence-corrected chi connectivity index (χ2v) is 2.86. The van der Waals surface area contributed by atoms with Gasteiger partial charge in [-0.15, -0.1) is 0 Å². The van der Waals surface area contributed by atoms with Crippen LogP contribution in [0.2, 0.25) is 0 Å². The van der Waals surface area contributed by atoms with Gasteiger partial charge >= 0.3 is 0 Å². The monoisotopic (exact) mass is 168 g/mol. The molecule has 0 saturated carbocycles. The lowest BCUT2D eigenvalue weighted by atomic mass is 10.1. The number of hydrogen-bond donors (Lipinski definition) is 1. The van der Waals surface area contributed by atoms with Gasteiger partial charge in [-0.2, -0.15) is 0 Å². The number of phenolic OH excluding ortho intramolecular Hbond substituents is 1. The van der Waals surface area contributed by atoms with Crippen molar-refractivity contribution in [2.45, 2.75) is 6.42 Å². The summed E-state index contributed by atoms with van der Waals surface area (Å²) in [5.74, 6) is 0.273. The number of para-hydroxylation sites is 1. The average Bonchev–Trinajstić information content (AvgIpc) is 1.93. The molecule has 0 radical (unpaired) electrons. The second kappa shape index (κ2) is 3.44. The number of halogens is 1. The lowest BCUT2D eigenvalue weighted by Crippen LogP contribution is -1.83. The van der Waals surface area contributed by atoms with E-state index < -0.39 is 0 Å². The zero-order valence-electron chi connectivity index (χ0n) is 6.05. The molecule has 1 aromatic carbocycles. The lowest BCUT2D eigenvalue weighted by Gasteiger charge is -2.00.